The van der Waals surface area contributed by atoms with Crippen molar-refractivity contribution in [3.05, 3.63) is 83.4 Å². The molecule has 3 aromatic carbocycles. The Morgan fingerprint density at radius 1 is 0.921 bits per heavy atom. The van der Waals surface area contributed by atoms with Crippen LogP contribution >= 0.6 is 0 Å². The Morgan fingerprint density at radius 3 is 2.13 bits per heavy atom. The first-order valence-corrected chi connectivity index (χ1v) is 15.8. The maximum atomic E-state index is 14.6. The van der Waals surface area contributed by atoms with Crippen LogP contribution in [0.3, 0.4) is 0 Å². The average Bonchev–Trinajstić information content (AvgIpc) is 3.23. The lowest BCUT2D eigenvalue weighted by Gasteiger charge is -2.38. The van der Waals surface area contributed by atoms with E-state index in [2.05, 4.69) is 6.07 Å². The van der Waals surface area contributed by atoms with Crippen molar-refractivity contribution in [1.82, 2.24) is 0 Å². The molecule has 38 heavy (non-hydrogen) atoms. The molecule has 0 saturated carbocycles. The summed E-state index contributed by atoms with van der Waals surface area (Å²) >= 11 is 0. The normalized spacial score (nSPS) is 18.1. The average molecular weight is 532 g/mol. The summed E-state index contributed by atoms with van der Waals surface area (Å²) in [4.78, 5) is 14.6. The number of ketones is 1. The standard InChI is InChI=1S/C30H33NO6Si/c1-33-22-14-12-20(13-15-22)25(16-24(19-31)37-38(4,5)6)30(21-10-8-7-9-11-21)29(32)28-26(35-3)17-23(34-2)18-27(28)36-30/h7-15,17-18,24-25H,16H2,1-6H3/t24?,25-,30-/m0/s1. The topological polar surface area (TPSA) is 87.0 Å². The molecule has 0 N–H and O–H groups in total. The zero-order chi connectivity index (χ0) is 27.5. The number of fused-ring (bicyclic) bond motifs is 1. The molecule has 7 nitrogen and oxygen atoms in total. The maximum absolute atomic E-state index is 14.6. The molecule has 1 aliphatic rings. The fourth-order valence-electron chi connectivity index (χ4n) is 5.00. The number of nitriles is 1. The molecule has 1 unspecified atom stereocenters. The summed E-state index contributed by atoms with van der Waals surface area (Å²) in [5, 5.41) is 10.1. The van der Waals surface area contributed by atoms with Crippen LogP contribution in [0.1, 0.15) is 33.8 Å². The van der Waals surface area contributed by atoms with E-state index in [9.17, 15) is 10.1 Å². The van der Waals surface area contributed by atoms with Crippen LogP contribution < -0.4 is 18.9 Å². The highest BCUT2D eigenvalue weighted by Crippen LogP contribution is 2.54. The smallest absolute Gasteiger partial charge is 0.219 e. The number of carbonyl (C=O) groups is 1. The van der Waals surface area contributed by atoms with Crippen LogP contribution in [-0.4, -0.2) is 41.5 Å². The summed E-state index contributed by atoms with van der Waals surface area (Å²) in [5.74, 6) is 1.11. The van der Waals surface area contributed by atoms with E-state index in [1.54, 1.807) is 26.4 Å². The van der Waals surface area contributed by atoms with E-state index < -0.39 is 25.9 Å². The minimum atomic E-state index is -2.08. The summed E-state index contributed by atoms with van der Waals surface area (Å²) in [5.41, 5.74) is 0.361. The van der Waals surface area contributed by atoms with Crippen molar-refractivity contribution in [2.45, 2.75) is 43.7 Å². The highest BCUT2D eigenvalue weighted by Gasteiger charge is 2.57. The number of benzene rings is 3. The van der Waals surface area contributed by atoms with Gasteiger partial charge in [0.05, 0.1) is 27.4 Å². The molecular weight excluding hydrogens is 498 g/mol. The van der Waals surface area contributed by atoms with E-state index in [-0.39, 0.29) is 12.2 Å². The molecule has 0 bridgehead atoms. The van der Waals surface area contributed by atoms with E-state index in [1.165, 1.54) is 7.11 Å². The predicted molar refractivity (Wildman–Crippen MR) is 147 cm³/mol. The molecule has 0 amide bonds. The molecule has 4 rings (SSSR count). The van der Waals surface area contributed by atoms with Gasteiger partial charge in [0.2, 0.25) is 11.4 Å². The Hall–Kier alpha value is -3.80. The van der Waals surface area contributed by atoms with Crippen molar-refractivity contribution in [3.63, 3.8) is 0 Å². The monoisotopic (exact) mass is 531 g/mol. The molecular formula is C30H33NO6Si. The van der Waals surface area contributed by atoms with Gasteiger partial charge in [-0.3, -0.25) is 4.79 Å². The van der Waals surface area contributed by atoms with Crippen molar-refractivity contribution in [2.75, 3.05) is 21.3 Å². The Kier molecular flexibility index (Phi) is 7.81. The molecule has 0 fully saturated rings. The Balaban J connectivity index is 1.96. The molecule has 1 aliphatic heterocycles. The van der Waals surface area contributed by atoms with Crippen molar-refractivity contribution in [1.29, 1.82) is 5.26 Å². The summed E-state index contributed by atoms with van der Waals surface area (Å²) in [6.45, 7) is 6.12. The Labute approximate surface area is 225 Å². The van der Waals surface area contributed by atoms with Crippen LogP contribution in [0.5, 0.6) is 23.0 Å². The van der Waals surface area contributed by atoms with Crippen LogP contribution in [0.4, 0.5) is 0 Å². The number of methoxy groups -OCH3 is 3. The van der Waals surface area contributed by atoms with Gasteiger partial charge in [-0.25, -0.2) is 0 Å². The molecule has 3 atom stereocenters. The first-order chi connectivity index (χ1) is 18.2. The van der Waals surface area contributed by atoms with Crippen LogP contribution in [-0.2, 0) is 10.0 Å². The first-order valence-electron chi connectivity index (χ1n) is 12.4. The number of Topliss-reactive ketones (excluding diaryl/α,β-unsaturated/α-hetero) is 1. The number of rotatable bonds is 10. The second-order valence-corrected chi connectivity index (χ2v) is 14.6. The third-order valence-electron chi connectivity index (χ3n) is 6.63. The number of carbonyl (C=O) groups excluding carboxylic acids is 1. The van der Waals surface area contributed by atoms with Gasteiger partial charge < -0.3 is 23.4 Å². The molecule has 3 aromatic rings. The van der Waals surface area contributed by atoms with E-state index in [1.807, 2.05) is 74.2 Å². The van der Waals surface area contributed by atoms with Crippen LogP contribution in [0.15, 0.2) is 66.7 Å². The molecule has 0 spiro atoms. The van der Waals surface area contributed by atoms with Crippen molar-refractivity contribution >= 4 is 14.1 Å². The number of nitrogens with zero attached hydrogens (tertiary/aromatic N) is 1. The maximum Gasteiger partial charge on any atom is 0.219 e. The Bertz CT molecular complexity index is 1330. The lowest BCUT2D eigenvalue weighted by atomic mass is 9.71. The largest absolute Gasteiger partial charge is 0.497 e. The van der Waals surface area contributed by atoms with Gasteiger partial charge in [-0.15, -0.1) is 0 Å². The van der Waals surface area contributed by atoms with Gasteiger partial charge in [0.15, 0.2) is 8.32 Å². The summed E-state index contributed by atoms with van der Waals surface area (Å²) < 4.78 is 29.4. The van der Waals surface area contributed by atoms with Gasteiger partial charge in [-0.05, 0) is 43.8 Å². The predicted octanol–water partition coefficient (Wildman–Crippen LogP) is 6.10. The number of hydrogen-bond donors (Lipinski definition) is 0. The SMILES string of the molecule is COc1ccc([C@H](CC(C#N)O[Si](C)(C)C)[C@]2(c3ccccc3)Oc3cc(OC)cc(OC)c3C2=O)cc1. The zero-order valence-corrected chi connectivity index (χ0v) is 23.6. The number of hydrogen-bond acceptors (Lipinski definition) is 7. The fourth-order valence-corrected chi connectivity index (χ4v) is 6.00. The van der Waals surface area contributed by atoms with Gasteiger partial charge in [-0.1, -0.05) is 42.5 Å². The molecule has 1 heterocycles. The van der Waals surface area contributed by atoms with Gasteiger partial charge in [0.25, 0.3) is 0 Å². The van der Waals surface area contributed by atoms with Crippen molar-refractivity contribution in [3.8, 4) is 29.1 Å². The summed E-state index contributed by atoms with van der Waals surface area (Å²) in [6.07, 6.45) is -0.507. The third kappa shape index (κ3) is 5.12. The summed E-state index contributed by atoms with van der Waals surface area (Å²) in [6, 6.07) is 22.6. The third-order valence-corrected chi connectivity index (χ3v) is 7.62. The lowest BCUT2D eigenvalue weighted by Crippen LogP contribution is -2.45. The fraction of sp³-hybridized carbons (Fsp3) is 0.333. The lowest BCUT2D eigenvalue weighted by molar-refractivity contribution is 0.0345. The minimum absolute atomic E-state index is 0.237. The second kappa shape index (κ2) is 10.9. The molecule has 8 heteroatoms. The molecule has 198 valence electrons. The van der Waals surface area contributed by atoms with Crippen LogP contribution in [0.2, 0.25) is 19.6 Å². The van der Waals surface area contributed by atoms with Crippen molar-refractivity contribution in [2.24, 2.45) is 0 Å². The highest BCUT2D eigenvalue weighted by molar-refractivity contribution is 6.69. The van der Waals surface area contributed by atoms with E-state index in [4.69, 9.17) is 23.4 Å². The quantitative estimate of drug-likeness (QED) is 0.292. The van der Waals surface area contributed by atoms with Gasteiger partial charge >= 0.3 is 0 Å². The van der Waals surface area contributed by atoms with Crippen molar-refractivity contribution < 1.29 is 28.2 Å². The van der Waals surface area contributed by atoms with Gasteiger partial charge in [0.1, 0.15) is 34.7 Å². The van der Waals surface area contributed by atoms with E-state index in [0.29, 0.717) is 34.1 Å². The van der Waals surface area contributed by atoms with Gasteiger partial charge in [0, 0.05) is 23.6 Å². The Morgan fingerprint density at radius 2 is 1.58 bits per heavy atom. The van der Waals surface area contributed by atoms with Gasteiger partial charge in [-0.2, -0.15) is 5.26 Å². The first kappa shape index (κ1) is 27.2. The molecule has 0 aromatic heterocycles. The minimum Gasteiger partial charge on any atom is -0.497 e. The van der Waals surface area contributed by atoms with Crippen LogP contribution in [0, 0.1) is 11.3 Å². The summed E-state index contributed by atoms with van der Waals surface area (Å²) in [7, 11) is 2.59. The second-order valence-electron chi connectivity index (χ2n) is 10.1. The van der Waals surface area contributed by atoms with Crippen LogP contribution in [0.25, 0.3) is 0 Å². The molecule has 0 aliphatic carbocycles. The van der Waals surface area contributed by atoms with E-state index in [0.717, 1.165) is 5.56 Å². The molecule has 0 radical (unpaired) electrons. The number of ether oxygens (including phenoxy) is 4. The highest BCUT2D eigenvalue weighted by atomic mass is 28.4. The molecule has 0 saturated heterocycles. The zero-order valence-electron chi connectivity index (χ0n) is 22.6. The van der Waals surface area contributed by atoms with E-state index >= 15 is 0 Å².